The fourth-order valence-electron chi connectivity index (χ4n) is 1.85. The van der Waals surface area contributed by atoms with E-state index in [2.05, 4.69) is 23.0 Å². The van der Waals surface area contributed by atoms with Crippen molar-refractivity contribution in [1.29, 1.82) is 0 Å². The molecular weight excluding hydrogens is 228 g/mol. The van der Waals surface area contributed by atoms with Gasteiger partial charge in [-0.15, -0.1) is 0 Å². The maximum absolute atomic E-state index is 9.05. The molecule has 94 valence electrons. The molecule has 1 aromatic heterocycles. The van der Waals surface area contributed by atoms with Crippen LogP contribution in [0.4, 0.5) is 0 Å². The Morgan fingerprint density at radius 3 is 2.78 bits per heavy atom. The average Bonchev–Trinajstić information content (AvgIpc) is 2.46. The molecule has 4 nitrogen and oxygen atoms in total. The van der Waals surface area contributed by atoms with E-state index in [0.29, 0.717) is 5.82 Å². The summed E-state index contributed by atoms with van der Waals surface area (Å²) in [6, 6.07) is 7.79. The van der Waals surface area contributed by atoms with Crippen LogP contribution in [0.1, 0.15) is 18.3 Å². The van der Waals surface area contributed by atoms with Crippen LogP contribution >= 0.6 is 0 Å². The van der Waals surface area contributed by atoms with Crippen LogP contribution in [0.5, 0.6) is 5.75 Å². The van der Waals surface area contributed by atoms with Gasteiger partial charge in [-0.2, -0.15) is 0 Å². The van der Waals surface area contributed by atoms with E-state index >= 15 is 0 Å². The fraction of sp³-hybridized carbons (Fsp3) is 0.286. The van der Waals surface area contributed by atoms with Crippen LogP contribution < -0.4 is 4.74 Å². The Balaban J connectivity index is 2.43. The largest absolute Gasteiger partial charge is 0.496 e. The number of aliphatic hydroxyl groups excluding tert-OH is 1. The minimum atomic E-state index is -0.148. The summed E-state index contributed by atoms with van der Waals surface area (Å²) >= 11 is 0. The minimum Gasteiger partial charge on any atom is -0.496 e. The number of methoxy groups -OCH3 is 1. The molecule has 0 atom stereocenters. The smallest absolute Gasteiger partial charge is 0.154 e. The Labute approximate surface area is 106 Å². The molecule has 1 aromatic carbocycles. The van der Waals surface area contributed by atoms with E-state index in [4.69, 9.17) is 9.84 Å². The van der Waals surface area contributed by atoms with E-state index in [1.54, 1.807) is 13.3 Å². The first-order valence-electron chi connectivity index (χ1n) is 5.88. The molecule has 0 bridgehead atoms. The van der Waals surface area contributed by atoms with E-state index < -0.39 is 0 Å². The minimum absolute atomic E-state index is 0.148. The highest BCUT2D eigenvalue weighted by atomic mass is 16.5. The number of benzene rings is 1. The Bertz CT molecular complexity index is 541. The van der Waals surface area contributed by atoms with Crippen LogP contribution in [0.25, 0.3) is 11.3 Å². The van der Waals surface area contributed by atoms with Gasteiger partial charge in [0.15, 0.2) is 5.82 Å². The first-order chi connectivity index (χ1) is 8.78. The van der Waals surface area contributed by atoms with Crippen LogP contribution in [0.2, 0.25) is 0 Å². The van der Waals surface area contributed by atoms with Crippen molar-refractivity contribution < 1.29 is 9.84 Å². The first kappa shape index (κ1) is 12.5. The predicted molar refractivity (Wildman–Crippen MR) is 69.3 cm³/mol. The molecule has 0 spiro atoms. The third kappa shape index (κ3) is 2.49. The number of rotatable bonds is 4. The van der Waals surface area contributed by atoms with Crippen molar-refractivity contribution in [2.75, 3.05) is 7.11 Å². The average molecular weight is 244 g/mol. The number of nitrogens with zero attached hydrogens (tertiary/aromatic N) is 2. The van der Waals surface area contributed by atoms with E-state index in [0.717, 1.165) is 29.0 Å². The zero-order chi connectivity index (χ0) is 13.0. The predicted octanol–water partition coefficient (Wildman–Crippen LogP) is 2.21. The van der Waals surface area contributed by atoms with Gasteiger partial charge in [0.05, 0.1) is 12.8 Å². The highest BCUT2D eigenvalue weighted by Gasteiger charge is 2.06. The second-order valence-electron chi connectivity index (χ2n) is 3.90. The third-order valence-electron chi connectivity index (χ3n) is 2.80. The van der Waals surface area contributed by atoms with Gasteiger partial charge in [-0.3, -0.25) is 0 Å². The second-order valence-corrected chi connectivity index (χ2v) is 3.90. The van der Waals surface area contributed by atoms with Crippen molar-refractivity contribution in [3.05, 3.63) is 41.9 Å². The lowest BCUT2D eigenvalue weighted by Crippen LogP contribution is -1.96. The molecule has 0 amide bonds. The van der Waals surface area contributed by atoms with E-state index in [1.165, 1.54) is 0 Å². The molecule has 0 aliphatic heterocycles. The number of aliphatic hydroxyl groups is 1. The maximum Gasteiger partial charge on any atom is 0.154 e. The number of aryl methyl sites for hydroxylation is 1. The van der Waals surface area contributed by atoms with Gasteiger partial charge in [0.25, 0.3) is 0 Å². The van der Waals surface area contributed by atoms with Gasteiger partial charge in [0, 0.05) is 11.8 Å². The summed E-state index contributed by atoms with van der Waals surface area (Å²) in [5, 5.41) is 9.05. The zero-order valence-corrected chi connectivity index (χ0v) is 10.6. The molecule has 0 saturated carbocycles. The van der Waals surface area contributed by atoms with Gasteiger partial charge < -0.3 is 9.84 Å². The molecule has 0 aliphatic carbocycles. The number of hydrogen-bond donors (Lipinski definition) is 1. The van der Waals surface area contributed by atoms with Crippen molar-refractivity contribution in [2.45, 2.75) is 20.0 Å². The molecule has 0 radical (unpaired) electrons. The Morgan fingerprint density at radius 2 is 2.11 bits per heavy atom. The van der Waals surface area contributed by atoms with Gasteiger partial charge in [-0.25, -0.2) is 9.97 Å². The van der Waals surface area contributed by atoms with Crippen molar-refractivity contribution >= 4 is 0 Å². The van der Waals surface area contributed by atoms with E-state index in [-0.39, 0.29) is 6.61 Å². The maximum atomic E-state index is 9.05. The summed E-state index contributed by atoms with van der Waals surface area (Å²) in [5.41, 5.74) is 2.95. The molecule has 1 N–H and O–H groups in total. The molecule has 0 fully saturated rings. The Morgan fingerprint density at radius 1 is 1.28 bits per heavy atom. The number of aromatic nitrogens is 2. The molecule has 2 aromatic rings. The normalized spacial score (nSPS) is 10.4. The molecule has 18 heavy (non-hydrogen) atoms. The third-order valence-corrected chi connectivity index (χ3v) is 2.80. The van der Waals surface area contributed by atoms with Crippen LogP contribution in [-0.2, 0) is 13.0 Å². The molecule has 0 saturated heterocycles. The molecule has 1 heterocycles. The SMILES string of the molecule is CCc1cc(-c2ccnc(CO)n2)ccc1OC. The lowest BCUT2D eigenvalue weighted by molar-refractivity contribution is 0.271. The van der Waals surface area contributed by atoms with Gasteiger partial charge in [-0.05, 0) is 36.2 Å². The monoisotopic (exact) mass is 244 g/mol. The second kappa shape index (κ2) is 5.60. The standard InChI is InChI=1S/C14H16N2O2/c1-3-10-8-11(4-5-13(10)18-2)12-6-7-15-14(9-17)16-12/h4-8,17H,3,9H2,1-2H3. The lowest BCUT2D eigenvalue weighted by atomic mass is 10.1. The summed E-state index contributed by atoms with van der Waals surface area (Å²) < 4.78 is 5.30. The summed E-state index contributed by atoms with van der Waals surface area (Å²) in [5.74, 6) is 1.32. The van der Waals surface area contributed by atoms with Gasteiger partial charge in [0.2, 0.25) is 0 Å². The van der Waals surface area contributed by atoms with Crippen molar-refractivity contribution in [2.24, 2.45) is 0 Å². The van der Waals surface area contributed by atoms with Crippen molar-refractivity contribution in [3.63, 3.8) is 0 Å². The topological polar surface area (TPSA) is 55.2 Å². The van der Waals surface area contributed by atoms with Crippen molar-refractivity contribution in [1.82, 2.24) is 9.97 Å². The Kier molecular flexibility index (Phi) is 3.89. The van der Waals surface area contributed by atoms with Gasteiger partial charge in [-0.1, -0.05) is 6.92 Å². The highest BCUT2D eigenvalue weighted by Crippen LogP contribution is 2.25. The fourth-order valence-corrected chi connectivity index (χ4v) is 1.85. The summed E-state index contributed by atoms with van der Waals surface area (Å²) in [7, 11) is 1.67. The molecule has 4 heteroatoms. The van der Waals surface area contributed by atoms with Crippen LogP contribution in [0.3, 0.4) is 0 Å². The first-order valence-corrected chi connectivity index (χ1v) is 5.88. The number of hydrogen-bond acceptors (Lipinski definition) is 4. The molecule has 0 unspecified atom stereocenters. The van der Waals surface area contributed by atoms with Crippen LogP contribution in [-0.4, -0.2) is 22.2 Å². The summed E-state index contributed by atoms with van der Waals surface area (Å²) in [6.45, 7) is 1.94. The molecule has 2 rings (SSSR count). The summed E-state index contributed by atoms with van der Waals surface area (Å²) in [6.07, 6.45) is 2.55. The van der Waals surface area contributed by atoms with Gasteiger partial charge in [0.1, 0.15) is 12.4 Å². The van der Waals surface area contributed by atoms with E-state index in [9.17, 15) is 0 Å². The Hall–Kier alpha value is -1.94. The quantitative estimate of drug-likeness (QED) is 0.895. The van der Waals surface area contributed by atoms with Crippen LogP contribution in [0, 0.1) is 0 Å². The summed E-state index contributed by atoms with van der Waals surface area (Å²) in [4.78, 5) is 8.26. The van der Waals surface area contributed by atoms with E-state index in [1.807, 2.05) is 18.2 Å². The van der Waals surface area contributed by atoms with Crippen molar-refractivity contribution in [3.8, 4) is 17.0 Å². The highest BCUT2D eigenvalue weighted by molar-refractivity contribution is 5.61. The zero-order valence-electron chi connectivity index (χ0n) is 10.6. The van der Waals surface area contributed by atoms with Gasteiger partial charge >= 0.3 is 0 Å². The molecule has 0 aliphatic rings. The number of ether oxygens (including phenoxy) is 1. The molecular formula is C14H16N2O2. The van der Waals surface area contributed by atoms with Crippen LogP contribution in [0.15, 0.2) is 30.5 Å². The lowest BCUT2D eigenvalue weighted by Gasteiger charge is -2.09.